The molecule has 0 fully saturated rings. The number of methoxy groups -OCH3 is 1. The standard InChI is InChI=1S/C30H36N6O6S/c1-35(2)27-16-9-14-25-24(27)13-10-17-28(25)43(39,40)31-19-23-20-36(34-33-23)18-8-7-15-26(29(37)41-3)32-30(38)42-21-22-11-5-4-6-12-22/h4-6,9-14,16-17,20,26,31H,7-8,15,18-19,21H2,1-3H3,(H,32,38)/t26-/m0/s1. The molecule has 0 aliphatic rings. The van der Waals surface area contributed by atoms with Crippen LogP contribution < -0.4 is 14.9 Å². The van der Waals surface area contributed by atoms with Gasteiger partial charge in [0.05, 0.1) is 24.2 Å². The van der Waals surface area contributed by atoms with Crippen LogP contribution in [0.2, 0.25) is 0 Å². The van der Waals surface area contributed by atoms with Gasteiger partial charge < -0.3 is 19.7 Å². The first kappa shape index (κ1) is 31.4. The number of benzene rings is 3. The molecule has 1 aromatic heterocycles. The van der Waals surface area contributed by atoms with Crippen LogP contribution in [0.3, 0.4) is 0 Å². The maximum atomic E-state index is 13.2. The number of nitrogens with zero attached hydrogens (tertiary/aromatic N) is 4. The number of carbonyl (C=O) groups is 2. The number of aromatic nitrogens is 3. The van der Waals surface area contributed by atoms with E-state index >= 15 is 0 Å². The number of alkyl carbamates (subject to hydrolysis) is 1. The van der Waals surface area contributed by atoms with Crippen molar-refractivity contribution >= 4 is 38.5 Å². The van der Waals surface area contributed by atoms with Crippen molar-refractivity contribution in [3.63, 3.8) is 0 Å². The second kappa shape index (κ2) is 14.6. The molecule has 1 atom stereocenters. The highest BCUT2D eigenvalue weighted by Gasteiger charge is 2.22. The van der Waals surface area contributed by atoms with Crippen LogP contribution in [-0.4, -0.2) is 62.7 Å². The molecule has 0 aliphatic carbocycles. The first-order valence-corrected chi connectivity index (χ1v) is 15.3. The number of ether oxygens (including phenoxy) is 2. The van der Waals surface area contributed by atoms with Crippen molar-refractivity contribution in [1.29, 1.82) is 0 Å². The van der Waals surface area contributed by atoms with Crippen molar-refractivity contribution in [2.45, 2.75) is 49.9 Å². The van der Waals surface area contributed by atoms with E-state index in [-0.39, 0.29) is 18.0 Å². The number of sulfonamides is 1. The van der Waals surface area contributed by atoms with E-state index < -0.39 is 28.1 Å². The molecule has 3 aromatic carbocycles. The summed E-state index contributed by atoms with van der Waals surface area (Å²) in [6, 6.07) is 19.2. The third kappa shape index (κ3) is 8.52. The van der Waals surface area contributed by atoms with E-state index in [2.05, 4.69) is 20.4 Å². The van der Waals surface area contributed by atoms with Crippen molar-refractivity contribution in [2.24, 2.45) is 0 Å². The summed E-state index contributed by atoms with van der Waals surface area (Å²) in [7, 11) is 1.26. The van der Waals surface area contributed by atoms with Crippen LogP contribution in [0.5, 0.6) is 0 Å². The molecule has 12 nitrogen and oxygen atoms in total. The minimum atomic E-state index is -3.82. The van der Waals surface area contributed by atoms with Gasteiger partial charge in [0.15, 0.2) is 0 Å². The molecule has 13 heteroatoms. The van der Waals surface area contributed by atoms with Crippen LogP contribution in [-0.2, 0) is 44.0 Å². The number of rotatable bonds is 14. The van der Waals surface area contributed by atoms with Crippen molar-refractivity contribution in [3.05, 3.63) is 84.2 Å². The Labute approximate surface area is 251 Å². The monoisotopic (exact) mass is 608 g/mol. The Hall–Kier alpha value is -4.49. The Bertz CT molecular complexity index is 1640. The van der Waals surface area contributed by atoms with Crippen molar-refractivity contribution < 1.29 is 27.5 Å². The molecule has 0 radical (unpaired) electrons. The molecule has 1 heterocycles. The normalized spacial score (nSPS) is 12.1. The second-order valence-electron chi connectivity index (χ2n) is 10.1. The molecule has 228 valence electrons. The van der Waals surface area contributed by atoms with Gasteiger partial charge in [-0.3, -0.25) is 4.68 Å². The van der Waals surface area contributed by atoms with Gasteiger partial charge in [-0.15, -0.1) is 5.10 Å². The number of hydrogen-bond donors (Lipinski definition) is 2. The molecule has 2 N–H and O–H groups in total. The van der Waals surface area contributed by atoms with Gasteiger partial charge in [0.25, 0.3) is 0 Å². The van der Waals surface area contributed by atoms with Gasteiger partial charge in [-0.2, -0.15) is 0 Å². The third-order valence-corrected chi connectivity index (χ3v) is 8.24. The number of carbonyl (C=O) groups excluding carboxylic acids is 2. The average Bonchev–Trinajstić information content (AvgIpc) is 3.47. The lowest BCUT2D eigenvalue weighted by molar-refractivity contribution is -0.143. The van der Waals surface area contributed by atoms with Crippen molar-refractivity contribution in [3.8, 4) is 0 Å². The Morgan fingerprint density at radius 2 is 1.72 bits per heavy atom. The fraction of sp³-hybridized carbons (Fsp3) is 0.333. The highest BCUT2D eigenvalue weighted by atomic mass is 32.2. The largest absolute Gasteiger partial charge is 0.467 e. The molecular weight excluding hydrogens is 572 g/mol. The zero-order valence-corrected chi connectivity index (χ0v) is 25.2. The lowest BCUT2D eigenvalue weighted by Crippen LogP contribution is -2.41. The Morgan fingerprint density at radius 3 is 2.47 bits per heavy atom. The molecule has 0 aliphatic heterocycles. The third-order valence-electron chi connectivity index (χ3n) is 6.78. The van der Waals surface area contributed by atoms with Crippen LogP contribution in [0.4, 0.5) is 10.5 Å². The van der Waals surface area contributed by atoms with Gasteiger partial charge in [-0.1, -0.05) is 59.8 Å². The zero-order chi connectivity index (χ0) is 30.8. The molecule has 0 unspecified atom stereocenters. The SMILES string of the molecule is COC(=O)[C@H](CCCCn1cc(CNS(=O)(=O)c2cccc3c(N(C)C)cccc23)nn1)NC(=O)OCc1ccccc1. The van der Waals surface area contributed by atoms with E-state index in [1.807, 2.05) is 67.5 Å². The van der Waals surface area contributed by atoms with Gasteiger partial charge in [0.2, 0.25) is 10.0 Å². The van der Waals surface area contributed by atoms with E-state index in [0.717, 1.165) is 16.6 Å². The predicted octanol–water partition coefficient (Wildman–Crippen LogP) is 3.61. The summed E-state index contributed by atoms with van der Waals surface area (Å²) >= 11 is 0. The number of amides is 1. The molecule has 0 saturated carbocycles. The summed E-state index contributed by atoms with van der Waals surface area (Å²) < 4.78 is 40.7. The lowest BCUT2D eigenvalue weighted by atomic mass is 10.1. The summed E-state index contributed by atoms with van der Waals surface area (Å²) in [6.07, 6.45) is 2.52. The van der Waals surface area contributed by atoms with Crippen LogP contribution >= 0.6 is 0 Å². The van der Waals surface area contributed by atoms with Crippen LogP contribution in [0.15, 0.2) is 77.8 Å². The van der Waals surface area contributed by atoms with E-state index in [4.69, 9.17) is 9.47 Å². The van der Waals surface area contributed by atoms with Gasteiger partial charge in [-0.25, -0.2) is 22.7 Å². The molecule has 4 aromatic rings. The fourth-order valence-corrected chi connectivity index (χ4v) is 5.80. The minimum Gasteiger partial charge on any atom is -0.467 e. The molecule has 43 heavy (non-hydrogen) atoms. The second-order valence-corrected chi connectivity index (χ2v) is 11.8. The van der Waals surface area contributed by atoms with Crippen LogP contribution in [0, 0.1) is 0 Å². The Kier molecular flexibility index (Phi) is 10.7. The Balaban J connectivity index is 1.26. The van der Waals surface area contributed by atoms with E-state index in [0.29, 0.717) is 36.9 Å². The summed E-state index contributed by atoms with van der Waals surface area (Å²) in [4.78, 5) is 26.5. The highest BCUT2D eigenvalue weighted by Crippen LogP contribution is 2.30. The van der Waals surface area contributed by atoms with Gasteiger partial charge in [-0.05, 0) is 37.0 Å². The van der Waals surface area contributed by atoms with E-state index in [1.165, 1.54) is 7.11 Å². The number of fused-ring (bicyclic) bond motifs is 1. The lowest BCUT2D eigenvalue weighted by Gasteiger charge is -2.17. The van der Waals surface area contributed by atoms with Crippen LogP contribution in [0.25, 0.3) is 10.8 Å². The molecular formula is C30H36N6O6S. The number of unbranched alkanes of at least 4 members (excludes halogenated alkanes) is 1. The molecule has 0 saturated heterocycles. The van der Waals surface area contributed by atoms with Gasteiger partial charge in [0, 0.05) is 43.3 Å². The summed E-state index contributed by atoms with van der Waals surface area (Å²) in [6.45, 7) is 0.554. The molecule has 4 rings (SSSR count). The van der Waals surface area contributed by atoms with Crippen molar-refractivity contribution in [2.75, 3.05) is 26.1 Å². The van der Waals surface area contributed by atoms with E-state index in [9.17, 15) is 18.0 Å². The number of anilines is 1. The van der Waals surface area contributed by atoms with Gasteiger partial charge in [0.1, 0.15) is 12.6 Å². The number of hydrogen-bond acceptors (Lipinski definition) is 9. The summed E-state index contributed by atoms with van der Waals surface area (Å²) in [5.41, 5.74) is 2.22. The topological polar surface area (TPSA) is 145 Å². The molecule has 0 spiro atoms. The predicted molar refractivity (Wildman–Crippen MR) is 162 cm³/mol. The Morgan fingerprint density at radius 1 is 0.977 bits per heavy atom. The quantitative estimate of drug-likeness (QED) is 0.162. The number of nitrogens with one attached hydrogen (secondary N) is 2. The van der Waals surface area contributed by atoms with Crippen molar-refractivity contribution in [1.82, 2.24) is 25.0 Å². The minimum absolute atomic E-state index is 0.0223. The summed E-state index contributed by atoms with van der Waals surface area (Å²) in [5, 5.41) is 12.2. The maximum Gasteiger partial charge on any atom is 0.408 e. The molecule has 1 amide bonds. The highest BCUT2D eigenvalue weighted by molar-refractivity contribution is 7.89. The first-order chi connectivity index (χ1) is 20.7. The van der Waals surface area contributed by atoms with E-state index in [1.54, 1.807) is 29.1 Å². The zero-order valence-electron chi connectivity index (χ0n) is 24.4. The fourth-order valence-electron chi connectivity index (χ4n) is 4.58. The van der Waals surface area contributed by atoms with Crippen LogP contribution in [0.1, 0.15) is 30.5 Å². The average molecular weight is 609 g/mol. The van der Waals surface area contributed by atoms with Gasteiger partial charge >= 0.3 is 12.1 Å². The number of aryl methyl sites for hydroxylation is 1. The maximum absolute atomic E-state index is 13.2. The summed E-state index contributed by atoms with van der Waals surface area (Å²) in [5.74, 6) is -0.559. The smallest absolute Gasteiger partial charge is 0.408 e. The number of esters is 1. The molecule has 0 bridgehead atoms. The first-order valence-electron chi connectivity index (χ1n) is 13.8.